The lowest BCUT2D eigenvalue weighted by molar-refractivity contribution is -0.122. The van der Waals surface area contributed by atoms with Crippen molar-refractivity contribution in [2.75, 3.05) is 20.2 Å². The van der Waals surface area contributed by atoms with E-state index >= 15 is 0 Å². The molecular weight excluding hydrogens is 430 g/mol. The molecule has 0 aliphatic carbocycles. The van der Waals surface area contributed by atoms with Crippen molar-refractivity contribution in [1.82, 2.24) is 10.2 Å². The van der Waals surface area contributed by atoms with E-state index in [9.17, 15) is 23.2 Å². The first-order valence-electron chi connectivity index (χ1n) is 9.10. The number of hydrogen-bond acceptors (Lipinski definition) is 6. The Hall–Kier alpha value is -3.40. The Balaban J connectivity index is 1.54. The van der Waals surface area contributed by atoms with Gasteiger partial charge in [-0.1, -0.05) is 12.1 Å². The fraction of sp³-hybridized carbons (Fsp3) is 0.190. The van der Waals surface area contributed by atoms with Crippen LogP contribution in [0, 0.1) is 0 Å². The summed E-state index contributed by atoms with van der Waals surface area (Å²) in [6.45, 7) is -2.90. The van der Waals surface area contributed by atoms with E-state index in [2.05, 4.69) is 10.1 Å². The Morgan fingerprint density at radius 1 is 1.10 bits per heavy atom. The molecule has 2 aromatic carbocycles. The zero-order valence-corrected chi connectivity index (χ0v) is 17.2. The molecule has 31 heavy (non-hydrogen) atoms. The lowest BCUT2D eigenvalue weighted by atomic mass is 10.2. The van der Waals surface area contributed by atoms with Crippen molar-refractivity contribution in [3.05, 3.63) is 64.6 Å². The number of nitrogens with one attached hydrogen (secondary N) is 1. The molecule has 0 aromatic heterocycles. The highest BCUT2D eigenvalue weighted by Crippen LogP contribution is 2.32. The molecule has 1 saturated heterocycles. The number of rotatable bonds is 8. The number of benzene rings is 2. The third-order valence-corrected chi connectivity index (χ3v) is 5.16. The van der Waals surface area contributed by atoms with Crippen LogP contribution in [0.4, 0.5) is 13.6 Å². The van der Waals surface area contributed by atoms with Gasteiger partial charge in [-0.15, -0.1) is 0 Å². The highest BCUT2D eigenvalue weighted by atomic mass is 32.2. The fourth-order valence-electron chi connectivity index (χ4n) is 2.72. The molecule has 1 heterocycles. The van der Waals surface area contributed by atoms with E-state index in [1.165, 1.54) is 24.3 Å². The van der Waals surface area contributed by atoms with Gasteiger partial charge in [-0.3, -0.25) is 19.3 Å². The Morgan fingerprint density at radius 2 is 1.74 bits per heavy atom. The molecule has 0 spiro atoms. The van der Waals surface area contributed by atoms with Gasteiger partial charge in [-0.2, -0.15) is 8.78 Å². The standard InChI is InChI=1S/C21H18F2N2O5S/c1-29-15-6-2-13(3-7-15)12-17-19(27)25(21(28)31-17)11-10-24-18(26)14-4-8-16(9-5-14)30-20(22)23/h2-9,12,20H,10-11H2,1H3,(H,24,26). The van der Waals surface area contributed by atoms with Gasteiger partial charge in [0.2, 0.25) is 0 Å². The van der Waals surface area contributed by atoms with E-state index in [1.54, 1.807) is 37.5 Å². The molecule has 162 valence electrons. The van der Waals surface area contributed by atoms with E-state index in [-0.39, 0.29) is 29.3 Å². The molecule has 0 unspecified atom stereocenters. The van der Waals surface area contributed by atoms with Crippen LogP contribution in [0.3, 0.4) is 0 Å². The largest absolute Gasteiger partial charge is 0.497 e. The van der Waals surface area contributed by atoms with E-state index in [1.807, 2.05) is 0 Å². The quantitative estimate of drug-likeness (QED) is 0.619. The molecule has 1 aliphatic rings. The Kier molecular flexibility index (Phi) is 7.24. The zero-order chi connectivity index (χ0) is 22.4. The number of hydrogen-bond donors (Lipinski definition) is 1. The highest BCUT2D eigenvalue weighted by Gasteiger charge is 2.34. The summed E-state index contributed by atoms with van der Waals surface area (Å²) < 4.78 is 33.6. The number of carbonyl (C=O) groups excluding carboxylic acids is 3. The summed E-state index contributed by atoms with van der Waals surface area (Å²) in [7, 11) is 1.55. The predicted octanol–water partition coefficient (Wildman–Crippen LogP) is 3.76. The number of nitrogens with zero attached hydrogens (tertiary/aromatic N) is 1. The average molecular weight is 448 g/mol. The van der Waals surface area contributed by atoms with E-state index in [0.717, 1.165) is 22.2 Å². The summed E-state index contributed by atoms with van der Waals surface area (Å²) in [6, 6.07) is 12.2. The Morgan fingerprint density at radius 3 is 2.35 bits per heavy atom. The first-order chi connectivity index (χ1) is 14.9. The lowest BCUT2D eigenvalue weighted by Gasteiger charge is -2.13. The molecule has 3 amide bonds. The summed E-state index contributed by atoms with van der Waals surface area (Å²) in [5.41, 5.74) is 0.981. The third-order valence-electron chi connectivity index (χ3n) is 4.25. The molecule has 1 N–H and O–H groups in total. The van der Waals surface area contributed by atoms with Crippen molar-refractivity contribution < 1.29 is 32.6 Å². The van der Waals surface area contributed by atoms with E-state index in [0.29, 0.717) is 5.75 Å². The van der Waals surface area contributed by atoms with Crippen LogP contribution < -0.4 is 14.8 Å². The number of carbonyl (C=O) groups is 3. The summed E-state index contributed by atoms with van der Waals surface area (Å²) in [6.07, 6.45) is 1.62. The maximum absolute atomic E-state index is 12.5. The Bertz CT molecular complexity index is 994. The van der Waals surface area contributed by atoms with Gasteiger partial charge in [0.05, 0.1) is 12.0 Å². The first-order valence-corrected chi connectivity index (χ1v) is 9.91. The molecule has 0 bridgehead atoms. The first kappa shape index (κ1) is 22.3. The van der Waals surface area contributed by atoms with Crippen molar-refractivity contribution in [2.24, 2.45) is 0 Å². The highest BCUT2D eigenvalue weighted by molar-refractivity contribution is 8.18. The molecule has 2 aromatic rings. The van der Waals surface area contributed by atoms with Crippen LogP contribution in [0.1, 0.15) is 15.9 Å². The molecule has 7 nitrogen and oxygen atoms in total. The van der Waals surface area contributed by atoms with Gasteiger partial charge in [0, 0.05) is 18.7 Å². The maximum Gasteiger partial charge on any atom is 0.387 e. The summed E-state index contributed by atoms with van der Waals surface area (Å²) >= 11 is 0.828. The second-order valence-electron chi connectivity index (χ2n) is 6.27. The second kappa shape index (κ2) is 10.1. The van der Waals surface area contributed by atoms with Crippen LogP contribution in [0.5, 0.6) is 11.5 Å². The summed E-state index contributed by atoms with van der Waals surface area (Å²) in [5.74, 6) is -0.289. The van der Waals surface area contributed by atoms with E-state index < -0.39 is 23.7 Å². The summed E-state index contributed by atoms with van der Waals surface area (Å²) in [5, 5.41) is 2.16. The molecule has 1 fully saturated rings. The van der Waals surface area contributed by atoms with Crippen LogP contribution >= 0.6 is 11.8 Å². The van der Waals surface area contributed by atoms with Crippen molar-refractivity contribution >= 4 is 34.9 Å². The minimum Gasteiger partial charge on any atom is -0.497 e. The number of ether oxygens (including phenoxy) is 2. The normalized spacial score (nSPS) is 15.0. The van der Waals surface area contributed by atoms with Crippen LogP contribution in [-0.2, 0) is 4.79 Å². The molecule has 1 aliphatic heterocycles. The molecule has 0 radical (unpaired) electrons. The molecule has 0 saturated carbocycles. The number of alkyl halides is 2. The zero-order valence-electron chi connectivity index (χ0n) is 16.3. The van der Waals surface area contributed by atoms with Crippen molar-refractivity contribution in [1.29, 1.82) is 0 Å². The number of thioether (sulfide) groups is 1. The topological polar surface area (TPSA) is 84.9 Å². The van der Waals surface area contributed by atoms with Crippen LogP contribution in [-0.4, -0.2) is 48.8 Å². The molecule has 10 heteroatoms. The van der Waals surface area contributed by atoms with Crippen molar-refractivity contribution in [3.63, 3.8) is 0 Å². The minimum absolute atomic E-state index is 0.00291. The monoisotopic (exact) mass is 448 g/mol. The van der Waals surface area contributed by atoms with Crippen LogP contribution in [0.2, 0.25) is 0 Å². The van der Waals surface area contributed by atoms with Crippen molar-refractivity contribution in [2.45, 2.75) is 6.61 Å². The fourth-order valence-corrected chi connectivity index (χ4v) is 3.58. The van der Waals surface area contributed by atoms with Gasteiger partial charge in [0.15, 0.2) is 0 Å². The van der Waals surface area contributed by atoms with Gasteiger partial charge in [0.1, 0.15) is 11.5 Å². The smallest absolute Gasteiger partial charge is 0.387 e. The van der Waals surface area contributed by atoms with Crippen molar-refractivity contribution in [3.8, 4) is 11.5 Å². The van der Waals surface area contributed by atoms with Gasteiger partial charge in [-0.25, -0.2) is 0 Å². The predicted molar refractivity (Wildman–Crippen MR) is 111 cm³/mol. The molecular formula is C21H18F2N2O5S. The lowest BCUT2D eigenvalue weighted by Crippen LogP contribution is -2.37. The number of methoxy groups -OCH3 is 1. The van der Waals surface area contributed by atoms with E-state index in [4.69, 9.17) is 4.74 Å². The minimum atomic E-state index is -2.95. The third kappa shape index (κ3) is 5.82. The van der Waals surface area contributed by atoms with Gasteiger partial charge in [-0.05, 0) is 59.8 Å². The van der Waals surface area contributed by atoms with Gasteiger partial charge >= 0.3 is 6.61 Å². The van der Waals surface area contributed by atoms with Gasteiger partial charge in [0.25, 0.3) is 17.1 Å². The SMILES string of the molecule is COc1ccc(C=C2SC(=O)N(CCNC(=O)c3ccc(OC(F)F)cc3)C2=O)cc1. The maximum atomic E-state index is 12.5. The average Bonchev–Trinajstić information content (AvgIpc) is 3.01. The second-order valence-corrected chi connectivity index (χ2v) is 7.26. The number of halogens is 2. The van der Waals surface area contributed by atoms with Crippen LogP contribution in [0.15, 0.2) is 53.4 Å². The number of imide groups is 1. The molecule has 0 atom stereocenters. The number of amides is 3. The Labute approximate surface area is 181 Å². The van der Waals surface area contributed by atoms with Gasteiger partial charge < -0.3 is 14.8 Å². The molecule has 3 rings (SSSR count). The summed E-state index contributed by atoms with van der Waals surface area (Å²) in [4.78, 5) is 38.2. The van der Waals surface area contributed by atoms with Crippen LogP contribution in [0.25, 0.3) is 6.08 Å².